The molecule has 15 nitrogen and oxygen atoms in total. The van der Waals surface area contributed by atoms with Crippen molar-refractivity contribution in [3.05, 3.63) is 101 Å². The molecule has 7 heterocycles. The van der Waals surface area contributed by atoms with Gasteiger partial charge in [0.1, 0.15) is 35.7 Å². The summed E-state index contributed by atoms with van der Waals surface area (Å²) in [6.07, 6.45) is 7.07. The van der Waals surface area contributed by atoms with Crippen molar-refractivity contribution in [1.29, 1.82) is 0 Å². The zero-order chi connectivity index (χ0) is 41.0. The Hall–Kier alpha value is -6.17. The molecule has 1 aliphatic rings. The molecule has 0 atom stereocenters. The van der Waals surface area contributed by atoms with Crippen LogP contribution in [0.25, 0.3) is 43.5 Å². The Balaban J connectivity index is 0.000000167. The number of fused-ring (bicyclic) bond motifs is 2. The summed E-state index contributed by atoms with van der Waals surface area (Å²) in [5, 5.41) is 23.1. The van der Waals surface area contributed by atoms with E-state index in [4.69, 9.17) is 16.6 Å². The normalized spacial score (nSPS) is 12.9. The Labute approximate surface area is 352 Å². The number of hydrogen-bond donors (Lipinski definition) is 2. The van der Waals surface area contributed by atoms with Crippen molar-refractivity contribution in [1.82, 2.24) is 49.5 Å². The van der Waals surface area contributed by atoms with E-state index in [1.165, 1.54) is 30.6 Å². The maximum Gasteiger partial charge on any atom is 0.256 e. The first kappa shape index (κ1) is 39.6. The number of aromatic nitrogens is 10. The molecule has 8 aromatic rings. The van der Waals surface area contributed by atoms with Crippen molar-refractivity contribution >= 4 is 83.3 Å². The number of benzene rings is 2. The highest BCUT2D eigenvalue weighted by Crippen LogP contribution is 2.32. The van der Waals surface area contributed by atoms with E-state index >= 15 is 0 Å². The first-order valence-corrected chi connectivity index (χ1v) is 21.2. The Morgan fingerprint density at radius 1 is 0.644 bits per heavy atom. The van der Waals surface area contributed by atoms with Gasteiger partial charge in [0.2, 0.25) is 0 Å². The number of thiazole rings is 2. The predicted molar refractivity (Wildman–Crippen MR) is 233 cm³/mol. The van der Waals surface area contributed by atoms with Crippen LogP contribution in [0.2, 0.25) is 4.47 Å². The van der Waals surface area contributed by atoms with E-state index in [0.29, 0.717) is 50.3 Å². The van der Waals surface area contributed by atoms with Gasteiger partial charge in [-0.05, 0) is 108 Å². The minimum Gasteiger partial charge on any atom is -0.348 e. The number of anilines is 3. The number of rotatable bonds is 9. The SMILES string of the molecule is CC(C)n1cnnc1-c1cccc(NC(=O)c2ccc3nc(Cl)sc3c2)n1.CC(C)n1cnnc1-c1cccc(NC(=O)c2ccc3nc(N4CCCCC4)sc3c2)n1. The average Bonchev–Trinajstić information content (AvgIpc) is 4.07. The molecule has 1 fully saturated rings. The molecule has 9 rings (SSSR count). The minimum absolute atomic E-state index is 0.199. The van der Waals surface area contributed by atoms with Gasteiger partial charge in [-0.1, -0.05) is 35.1 Å². The van der Waals surface area contributed by atoms with Gasteiger partial charge in [-0.15, -0.1) is 31.7 Å². The maximum absolute atomic E-state index is 12.9. The Kier molecular flexibility index (Phi) is 11.7. The van der Waals surface area contributed by atoms with Crippen LogP contribution in [0.3, 0.4) is 0 Å². The summed E-state index contributed by atoms with van der Waals surface area (Å²) in [7, 11) is 0. The van der Waals surface area contributed by atoms with Crippen molar-refractivity contribution in [2.75, 3.05) is 28.6 Å². The van der Waals surface area contributed by atoms with Crippen molar-refractivity contribution in [3.8, 4) is 23.0 Å². The number of piperidine rings is 1. The number of carbonyl (C=O) groups excluding carboxylic acids is 2. The second-order valence-electron chi connectivity index (χ2n) is 14.4. The van der Waals surface area contributed by atoms with Gasteiger partial charge in [0.05, 0.1) is 20.4 Å². The average molecular weight is 846 g/mol. The van der Waals surface area contributed by atoms with E-state index in [1.54, 1.807) is 54.3 Å². The fraction of sp³-hybridized carbons (Fsp3) is 0.268. The lowest BCUT2D eigenvalue weighted by atomic mass is 10.1. The van der Waals surface area contributed by atoms with Gasteiger partial charge >= 0.3 is 0 Å². The Morgan fingerprint density at radius 3 is 1.68 bits per heavy atom. The number of pyridine rings is 2. The standard InChI is InChI=1S/C23H25N7OS.C18H15ClN6OS/c1-15(2)30-14-24-28-21(30)18-7-6-8-20(25-18)27-22(31)16-9-10-17-19(13-16)32-23(26-17)29-11-4-3-5-12-29;1-10(2)25-9-20-24-16(25)13-4-3-5-15(21-13)23-17(26)11-6-7-12-14(8-11)27-18(19)22-12/h6-10,13-15H,3-5,11-12H2,1-2H3,(H,25,27,31);3-10H,1-2H3,(H,21,23,26). The molecule has 2 N–H and O–H groups in total. The highest BCUT2D eigenvalue weighted by Gasteiger charge is 2.18. The molecule has 300 valence electrons. The number of nitrogens with zero attached hydrogens (tertiary/aromatic N) is 11. The monoisotopic (exact) mass is 845 g/mol. The lowest BCUT2D eigenvalue weighted by Gasteiger charge is -2.25. The van der Waals surface area contributed by atoms with Crippen molar-refractivity contribution < 1.29 is 9.59 Å². The second-order valence-corrected chi connectivity index (χ2v) is 17.0. The van der Waals surface area contributed by atoms with Crippen LogP contribution in [0.5, 0.6) is 0 Å². The molecular weight excluding hydrogens is 806 g/mol. The smallest absolute Gasteiger partial charge is 0.256 e. The van der Waals surface area contributed by atoms with Gasteiger partial charge in [0, 0.05) is 36.3 Å². The third kappa shape index (κ3) is 8.96. The molecule has 1 aliphatic heterocycles. The number of hydrogen-bond acceptors (Lipinski definition) is 13. The molecule has 0 radical (unpaired) electrons. The number of halogens is 1. The molecule has 0 spiro atoms. The summed E-state index contributed by atoms with van der Waals surface area (Å²) in [5.41, 5.74) is 4.11. The van der Waals surface area contributed by atoms with Gasteiger partial charge in [0.15, 0.2) is 21.2 Å². The fourth-order valence-electron chi connectivity index (χ4n) is 6.55. The fourth-order valence-corrected chi connectivity index (χ4v) is 8.68. The number of carbonyl (C=O) groups is 2. The van der Waals surface area contributed by atoms with Gasteiger partial charge in [-0.2, -0.15) is 0 Å². The van der Waals surface area contributed by atoms with Crippen LogP contribution in [0.1, 0.15) is 79.8 Å². The van der Waals surface area contributed by atoms with Crippen LogP contribution in [0.4, 0.5) is 16.8 Å². The van der Waals surface area contributed by atoms with E-state index in [1.807, 2.05) is 65.4 Å². The summed E-state index contributed by atoms with van der Waals surface area (Å²) in [4.78, 5) is 45.9. The summed E-state index contributed by atoms with van der Waals surface area (Å²) < 4.78 is 6.21. The van der Waals surface area contributed by atoms with Crippen LogP contribution in [0, 0.1) is 0 Å². The molecule has 18 heteroatoms. The van der Waals surface area contributed by atoms with Crippen molar-refractivity contribution in [2.24, 2.45) is 0 Å². The first-order valence-electron chi connectivity index (χ1n) is 19.2. The summed E-state index contributed by atoms with van der Waals surface area (Å²) >= 11 is 8.91. The lowest BCUT2D eigenvalue weighted by Crippen LogP contribution is -2.29. The third-order valence-electron chi connectivity index (χ3n) is 9.59. The Morgan fingerprint density at radius 2 is 1.15 bits per heavy atom. The largest absolute Gasteiger partial charge is 0.348 e. The van der Waals surface area contributed by atoms with Crippen LogP contribution >= 0.6 is 34.3 Å². The highest BCUT2D eigenvalue weighted by atomic mass is 35.5. The van der Waals surface area contributed by atoms with E-state index in [2.05, 4.69) is 64.7 Å². The molecule has 0 bridgehead atoms. The summed E-state index contributed by atoms with van der Waals surface area (Å²) in [6.45, 7) is 10.3. The summed E-state index contributed by atoms with van der Waals surface area (Å²) in [5.74, 6) is 1.79. The van der Waals surface area contributed by atoms with E-state index in [9.17, 15) is 9.59 Å². The van der Waals surface area contributed by atoms with Crippen LogP contribution < -0.4 is 15.5 Å². The van der Waals surface area contributed by atoms with Crippen LogP contribution in [-0.4, -0.2) is 74.4 Å². The van der Waals surface area contributed by atoms with Crippen molar-refractivity contribution in [3.63, 3.8) is 0 Å². The highest BCUT2D eigenvalue weighted by molar-refractivity contribution is 7.22. The summed E-state index contributed by atoms with van der Waals surface area (Å²) in [6, 6.07) is 22.2. The second kappa shape index (κ2) is 17.4. The van der Waals surface area contributed by atoms with E-state index in [0.717, 1.165) is 38.7 Å². The molecular formula is C41H40ClN13O2S2. The molecule has 59 heavy (non-hydrogen) atoms. The van der Waals surface area contributed by atoms with Crippen LogP contribution in [0.15, 0.2) is 85.5 Å². The zero-order valence-electron chi connectivity index (χ0n) is 32.7. The Bertz CT molecular complexity index is 2770. The van der Waals surface area contributed by atoms with Gasteiger partial charge in [-0.25, -0.2) is 19.9 Å². The zero-order valence-corrected chi connectivity index (χ0v) is 35.1. The molecule has 2 amide bonds. The molecule has 1 saturated heterocycles. The molecule has 0 saturated carbocycles. The lowest BCUT2D eigenvalue weighted by molar-refractivity contribution is 0.101. The third-order valence-corrected chi connectivity index (χ3v) is 11.8. The van der Waals surface area contributed by atoms with Gasteiger partial charge in [0.25, 0.3) is 11.8 Å². The molecule has 0 aliphatic carbocycles. The van der Waals surface area contributed by atoms with Gasteiger partial charge < -0.3 is 24.7 Å². The molecule has 6 aromatic heterocycles. The van der Waals surface area contributed by atoms with Gasteiger partial charge in [-0.3, -0.25) is 9.59 Å². The van der Waals surface area contributed by atoms with E-state index in [-0.39, 0.29) is 23.9 Å². The van der Waals surface area contributed by atoms with E-state index < -0.39 is 0 Å². The number of nitrogens with one attached hydrogen (secondary N) is 2. The minimum atomic E-state index is -0.253. The molecule has 0 unspecified atom stereocenters. The quantitative estimate of drug-likeness (QED) is 0.142. The van der Waals surface area contributed by atoms with Crippen molar-refractivity contribution in [2.45, 2.75) is 59.0 Å². The predicted octanol–water partition coefficient (Wildman–Crippen LogP) is 9.21. The maximum atomic E-state index is 12.9. The molecule has 2 aromatic carbocycles. The topological polar surface area (TPSA) is 174 Å². The number of amides is 2. The van der Waals surface area contributed by atoms with Crippen LogP contribution in [-0.2, 0) is 0 Å². The first-order chi connectivity index (χ1) is 28.6.